The van der Waals surface area contributed by atoms with Crippen LogP contribution < -0.4 is 0 Å². The summed E-state index contributed by atoms with van der Waals surface area (Å²) in [6.45, 7) is 2.47. The van der Waals surface area contributed by atoms with Gasteiger partial charge >= 0.3 is 6.18 Å². The summed E-state index contributed by atoms with van der Waals surface area (Å²) in [5.41, 5.74) is 0. The molecule has 0 unspecified atom stereocenters. The van der Waals surface area contributed by atoms with Crippen LogP contribution in [-0.2, 0) is 9.59 Å². The molecular formula is C13H22F3N3O2. The lowest BCUT2D eigenvalue weighted by molar-refractivity contribution is -0.139. The molecule has 8 heteroatoms. The van der Waals surface area contributed by atoms with E-state index in [1.54, 1.807) is 19.0 Å². The van der Waals surface area contributed by atoms with E-state index in [-0.39, 0.29) is 31.4 Å². The SMILES string of the molecule is CC(=O)N1CCN(CCC(F)(F)F)C[C@H](C(=O)N(C)C)C1. The van der Waals surface area contributed by atoms with Gasteiger partial charge in [-0.15, -0.1) is 0 Å². The first-order valence-electron chi connectivity index (χ1n) is 6.86. The Kier molecular flexibility index (Phi) is 6.00. The van der Waals surface area contributed by atoms with E-state index in [1.807, 2.05) is 0 Å². The summed E-state index contributed by atoms with van der Waals surface area (Å²) < 4.78 is 37.0. The fraction of sp³-hybridized carbons (Fsp3) is 0.846. The molecule has 2 amide bonds. The van der Waals surface area contributed by atoms with E-state index in [4.69, 9.17) is 0 Å². The Morgan fingerprint density at radius 2 is 1.81 bits per heavy atom. The third-order valence-electron chi connectivity index (χ3n) is 3.55. The fourth-order valence-electron chi connectivity index (χ4n) is 2.38. The molecule has 1 rings (SSSR count). The number of nitrogens with zero attached hydrogens (tertiary/aromatic N) is 3. The molecule has 0 bridgehead atoms. The van der Waals surface area contributed by atoms with Gasteiger partial charge in [0.25, 0.3) is 0 Å². The predicted molar refractivity (Wildman–Crippen MR) is 71.6 cm³/mol. The number of amides is 2. The van der Waals surface area contributed by atoms with Crippen molar-refractivity contribution in [3.8, 4) is 0 Å². The summed E-state index contributed by atoms with van der Waals surface area (Å²) in [6.07, 6.45) is -5.12. The van der Waals surface area contributed by atoms with Crippen LogP contribution in [0.1, 0.15) is 13.3 Å². The normalized spacial score (nSPS) is 21.0. The molecule has 0 spiro atoms. The molecule has 122 valence electrons. The molecular weight excluding hydrogens is 287 g/mol. The number of carbonyl (C=O) groups is 2. The summed E-state index contributed by atoms with van der Waals surface area (Å²) in [4.78, 5) is 28.2. The third kappa shape index (κ3) is 5.91. The number of halogens is 3. The molecule has 1 aliphatic heterocycles. The van der Waals surface area contributed by atoms with Gasteiger partial charge in [-0.05, 0) is 0 Å². The lowest BCUT2D eigenvalue weighted by atomic mass is 10.1. The minimum Gasteiger partial charge on any atom is -0.348 e. The smallest absolute Gasteiger partial charge is 0.348 e. The van der Waals surface area contributed by atoms with Gasteiger partial charge in [-0.3, -0.25) is 9.59 Å². The Hall–Kier alpha value is -1.31. The van der Waals surface area contributed by atoms with Crippen molar-refractivity contribution >= 4 is 11.8 Å². The van der Waals surface area contributed by atoms with Crippen molar-refractivity contribution in [2.75, 3.05) is 46.8 Å². The highest BCUT2D eigenvalue weighted by molar-refractivity contribution is 5.80. The summed E-state index contributed by atoms with van der Waals surface area (Å²) in [5.74, 6) is -0.816. The molecule has 0 aromatic carbocycles. The first kappa shape index (κ1) is 17.7. The molecule has 21 heavy (non-hydrogen) atoms. The standard InChI is InChI=1S/C13H22F3N3O2/c1-10(20)19-7-6-18(5-4-13(14,15)16)8-11(9-19)12(21)17(2)3/h11H,4-9H2,1-3H3/t11-/m0/s1. The van der Waals surface area contributed by atoms with Gasteiger partial charge in [0, 0.05) is 53.7 Å². The Morgan fingerprint density at radius 3 is 2.29 bits per heavy atom. The predicted octanol–water partition coefficient (Wildman–Crippen LogP) is 0.807. The van der Waals surface area contributed by atoms with Gasteiger partial charge in [-0.1, -0.05) is 0 Å². The maximum absolute atomic E-state index is 12.3. The van der Waals surface area contributed by atoms with Gasteiger partial charge in [0.2, 0.25) is 11.8 Å². The van der Waals surface area contributed by atoms with Gasteiger partial charge in [-0.2, -0.15) is 13.2 Å². The van der Waals surface area contributed by atoms with E-state index in [0.29, 0.717) is 13.1 Å². The van der Waals surface area contributed by atoms with Crippen molar-refractivity contribution in [1.29, 1.82) is 0 Å². The summed E-state index contributed by atoms with van der Waals surface area (Å²) >= 11 is 0. The molecule has 1 fully saturated rings. The monoisotopic (exact) mass is 309 g/mol. The molecule has 5 nitrogen and oxygen atoms in total. The molecule has 0 saturated carbocycles. The van der Waals surface area contributed by atoms with E-state index in [1.165, 1.54) is 16.7 Å². The number of alkyl halides is 3. The van der Waals surface area contributed by atoms with E-state index in [9.17, 15) is 22.8 Å². The maximum Gasteiger partial charge on any atom is 0.390 e. The van der Waals surface area contributed by atoms with Crippen LogP contribution in [0.4, 0.5) is 13.2 Å². The second-order valence-corrected chi connectivity index (χ2v) is 5.56. The molecule has 1 atom stereocenters. The zero-order chi connectivity index (χ0) is 16.2. The number of hydrogen-bond donors (Lipinski definition) is 0. The lowest BCUT2D eigenvalue weighted by Gasteiger charge is -2.25. The van der Waals surface area contributed by atoms with Crippen LogP contribution in [0, 0.1) is 5.92 Å². The molecule has 1 aliphatic rings. The average Bonchev–Trinajstić information content (AvgIpc) is 2.57. The van der Waals surface area contributed by atoms with Crippen LogP contribution in [0.25, 0.3) is 0 Å². The van der Waals surface area contributed by atoms with Gasteiger partial charge in [0.05, 0.1) is 12.3 Å². The highest BCUT2D eigenvalue weighted by atomic mass is 19.4. The van der Waals surface area contributed by atoms with Crippen LogP contribution in [-0.4, -0.2) is 79.5 Å². The molecule has 0 radical (unpaired) electrons. The highest BCUT2D eigenvalue weighted by Crippen LogP contribution is 2.21. The summed E-state index contributed by atoms with van der Waals surface area (Å²) in [5, 5.41) is 0. The molecule has 0 aromatic rings. The third-order valence-corrected chi connectivity index (χ3v) is 3.55. The zero-order valence-electron chi connectivity index (χ0n) is 12.6. The number of rotatable bonds is 3. The average molecular weight is 309 g/mol. The van der Waals surface area contributed by atoms with Gasteiger partial charge in [-0.25, -0.2) is 0 Å². The number of carbonyl (C=O) groups excluding carboxylic acids is 2. The maximum atomic E-state index is 12.3. The van der Waals surface area contributed by atoms with Crippen LogP contribution >= 0.6 is 0 Å². The Balaban J connectivity index is 2.75. The van der Waals surface area contributed by atoms with Crippen molar-refractivity contribution in [2.24, 2.45) is 5.92 Å². The zero-order valence-corrected chi connectivity index (χ0v) is 12.6. The topological polar surface area (TPSA) is 43.9 Å². The van der Waals surface area contributed by atoms with Crippen molar-refractivity contribution in [3.63, 3.8) is 0 Å². The van der Waals surface area contributed by atoms with Gasteiger partial charge < -0.3 is 14.7 Å². The van der Waals surface area contributed by atoms with Crippen LogP contribution in [0.5, 0.6) is 0 Å². The largest absolute Gasteiger partial charge is 0.390 e. The Morgan fingerprint density at radius 1 is 1.19 bits per heavy atom. The lowest BCUT2D eigenvalue weighted by Crippen LogP contribution is -2.42. The molecule has 1 saturated heterocycles. The first-order chi connectivity index (χ1) is 9.60. The van der Waals surface area contributed by atoms with E-state index >= 15 is 0 Å². The summed E-state index contributed by atoms with van der Waals surface area (Å²) in [6, 6.07) is 0. The highest BCUT2D eigenvalue weighted by Gasteiger charge is 2.32. The molecule has 0 aromatic heterocycles. The van der Waals surface area contributed by atoms with Crippen molar-refractivity contribution in [2.45, 2.75) is 19.5 Å². The van der Waals surface area contributed by atoms with E-state index in [2.05, 4.69) is 0 Å². The van der Waals surface area contributed by atoms with Crippen LogP contribution in [0.3, 0.4) is 0 Å². The van der Waals surface area contributed by atoms with Gasteiger partial charge in [0.15, 0.2) is 0 Å². The van der Waals surface area contributed by atoms with E-state index in [0.717, 1.165) is 0 Å². The van der Waals surface area contributed by atoms with Crippen molar-refractivity contribution in [1.82, 2.24) is 14.7 Å². The molecule has 1 heterocycles. The second kappa shape index (κ2) is 7.11. The Labute approximate surface area is 122 Å². The minimum atomic E-state index is -4.21. The van der Waals surface area contributed by atoms with E-state index < -0.39 is 18.5 Å². The minimum absolute atomic E-state index is 0.146. The Bertz CT molecular complexity index is 385. The van der Waals surface area contributed by atoms with Gasteiger partial charge in [0.1, 0.15) is 0 Å². The molecule has 0 N–H and O–H groups in total. The van der Waals surface area contributed by atoms with Crippen LogP contribution in [0.15, 0.2) is 0 Å². The van der Waals surface area contributed by atoms with Crippen LogP contribution in [0.2, 0.25) is 0 Å². The van der Waals surface area contributed by atoms with Crippen molar-refractivity contribution in [3.05, 3.63) is 0 Å². The molecule has 0 aliphatic carbocycles. The first-order valence-corrected chi connectivity index (χ1v) is 6.86. The fourth-order valence-corrected chi connectivity index (χ4v) is 2.38. The second-order valence-electron chi connectivity index (χ2n) is 5.56. The van der Waals surface area contributed by atoms with Crippen molar-refractivity contribution < 1.29 is 22.8 Å². The number of hydrogen-bond acceptors (Lipinski definition) is 3. The quantitative estimate of drug-likeness (QED) is 0.775. The summed E-state index contributed by atoms with van der Waals surface area (Å²) in [7, 11) is 3.21.